The molecule has 0 bridgehead atoms. The van der Waals surface area contributed by atoms with E-state index in [2.05, 4.69) is 16.3 Å². The number of ether oxygens (including phenoxy) is 3. The van der Waals surface area contributed by atoms with E-state index in [-0.39, 0.29) is 11.8 Å². The number of hydrogen-bond donors (Lipinski definition) is 1. The molecule has 1 saturated heterocycles. The Balaban J connectivity index is 1.73. The van der Waals surface area contributed by atoms with E-state index in [1.807, 2.05) is 19.1 Å². The molecule has 6 nitrogen and oxygen atoms in total. The Labute approximate surface area is 156 Å². The van der Waals surface area contributed by atoms with Gasteiger partial charge in [0.1, 0.15) is 0 Å². The number of carbonyl (C=O) groups is 1. The fraction of sp³-hybridized carbons (Fsp3) is 0.650. The van der Waals surface area contributed by atoms with E-state index in [0.29, 0.717) is 13.2 Å². The van der Waals surface area contributed by atoms with Crippen LogP contribution in [0.3, 0.4) is 0 Å². The van der Waals surface area contributed by atoms with E-state index in [1.165, 1.54) is 5.56 Å². The van der Waals surface area contributed by atoms with Gasteiger partial charge in [-0.2, -0.15) is 0 Å². The Kier molecular flexibility index (Phi) is 8.71. The zero-order valence-electron chi connectivity index (χ0n) is 16.3. The second-order valence-electron chi connectivity index (χ2n) is 6.58. The lowest BCUT2D eigenvalue weighted by Gasteiger charge is -2.31. The van der Waals surface area contributed by atoms with Gasteiger partial charge in [0.2, 0.25) is 5.91 Å². The van der Waals surface area contributed by atoms with E-state index in [9.17, 15) is 4.79 Å². The molecule has 1 aromatic carbocycles. The van der Waals surface area contributed by atoms with Gasteiger partial charge in [-0.25, -0.2) is 0 Å². The minimum atomic E-state index is 0.128. The maximum atomic E-state index is 12.2. The van der Waals surface area contributed by atoms with Crippen LogP contribution in [-0.2, 0) is 16.1 Å². The highest BCUT2D eigenvalue weighted by Crippen LogP contribution is 2.28. The zero-order valence-corrected chi connectivity index (χ0v) is 16.3. The van der Waals surface area contributed by atoms with Crippen LogP contribution in [0.2, 0.25) is 0 Å². The van der Waals surface area contributed by atoms with Crippen LogP contribution in [0, 0.1) is 5.92 Å². The average Bonchev–Trinajstić information content (AvgIpc) is 2.68. The largest absolute Gasteiger partial charge is 0.493 e. The number of hydrogen-bond acceptors (Lipinski definition) is 5. The van der Waals surface area contributed by atoms with Crippen molar-refractivity contribution in [2.24, 2.45) is 5.92 Å². The quantitative estimate of drug-likeness (QED) is 0.646. The normalized spacial score (nSPS) is 15.7. The molecule has 146 valence electrons. The number of rotatable bonds is 10. The van der Waals surface area contributed by atoms with Crippen LogP contribution in [0.5, 0.6) is 11.5 Å². The molecule has 0 saturated carbocycles. The Morgan fingerprint density at radius 3 is 2.58 bits per heavy atom. The molecule has 0 aromatic heterocycles. The smallest absolute Gasteiger partial charge is 0.223 e. The fourth-order valence-electron chi connectivity index (χ4n) is 3.26. The number of benzene rings is 1. The van der Waals surface area contributed by atoms with Crippen molar-refractivity contribution in [1.29, 1.82) is 0 Å². The second kappa shape index (κ2) is 11.0. The highest BCUT2D eigenvalue weighted by molar-refractivity contribution is 5.78. The Hall–Kier alpha value is -1.79. The van der Waals surface area contributed by atoms with Crippen LogP contribution in [0.25, 0.3) is 0 Å². The molecule has 1 amide bonds. The summed E-state index contributed by atoms with van der Waals surface area (Å²) in [6, 6.07) is 6.03. The average molecular weight is 364 g/mol. The molecular weight excluding hydrogens is 332 g/mol. The summed E-state index contributed by atoms with van der Waals surface area (Å²) in [5, 5.41) is 3.04. The maximum absolute atomic E-state index is 12.2. The summed E-state index contributed by atoms with van der Waals surface area (Å²) in [5.41, 5.74) is 1.20. The number of nitrogens with zero attached hydrogens (tertiary/aromatic N) is 1. The van der Waals surface area contributed by atoms with Gasteiger partial charge in [0.05, 0.1) is 14.2 Å². The third kappa shape index (κ3) is 6.18. The topological polar surface area (TPSA) is 60.0 Å². The summed E-state index contributed by atoms with van der Waals surface area (Å²) in [5.74, 6) is 1.82. The summed E-state index contributed by atoms with van der Waals surface area (Å²) in [6.45, 7) is 6.85. The number of piperidine rings is 1. The van der Waals surface area contributed by atoms with Gasteiger partial charge in [-0.3, -0.25) is 9.69 Å². The molecule has 1 aliphatic rings. The number of carbonyl (C=O) groups excluding carboxylic acids is 1. The summed E-state index contributed by atoms with van der Waals surface area (Å²) in [7, 11) is 3.30. The highest BCUT2D eigenvalue weighted by atomic mass is 16.5. The minimum Gasteiger partial charge on any atom is -0.493 e. The molecule has 0 radical (unpaired) electrons. The van der Waals surface area contributed by atoms with E-state index in [0.717, 1.165) is 57.0 Å². The van der Waals surface area contributed by atoms with E-state index in [4.69, 9.17) is 14.2 Å². The SMILES string of the molecule is CCOCCCNC(=O)C1CCN(Cc2ccc(OC)c(OC)c2)CC1. The van der Waals surface area contributed by atoms with Crippen LogP contribution in [0.15, 0.2) is 18.2 Å². The molecule has 1 heterocycles. The van der Waals surface area contributed by atoms with Crippen LogP contribution < -0.4 is 14.8 Å². The lowest BCUT2D eigenvalue weighted by Crippen LogP contribution is -2.40. The first kappa shape index (κ1) is 20.5. The molecule has 0 aliphatic carbocycles. The number of likely N-dealkylation sites (tertiary alicyclic amines) is 1. The predicted octanol–water partition coefficient (Wildman–Crippen LogP) is 2.46. The molecule has 1 aromatic rings. The van der Waals surface area contributed by atoms with Crippen molar-refractivity contribution in [2.75, 3.05) is 47.1 Å². The van der Waals surface area contributed by atoms with Crippen molar-refractivity contribution in [3.05, 3.63) is 23.8 Å². The van der Waals surface area contributed by atoms with E-state index in [1.54, 1.807) is 14.2 Å². The lowest BCUT2D eigenvalue weighted by atomic mass is 9.95. The first-order valence-corrected chi connectivity index (χ1v) is 9.46. The Morgan fingerprint density at radius 2 is 1.92 bits per heavy atom. The number of amides is 1. The van der Waals surface area contributed by atoms with Crippen molar-refractivity contribution in [1.82, 2.24) is 10.2 Å². The second-order valence-corrected chi connectivity index (χ2v) is 6.58. The highest BCUT2D eigenvalue weighted by Gasteiger charge is 2.24. The summed E-state index contributed by atoms with van der Waals surface area (Å²) < 4.78 is 15.9. The Morgan fingerprint density at radius 1 is 1.19 bits per heavy atom. The summed E-state index contributed by atoms with van der Waals surface area (Å²) >= 11 is 0. The Bertz CT molecular complexity index is 557. The molecule has 6 heteroatoms. The minimum absolute atomic E-state index is 0.128. The molecule has 1 N–H and O–H groups in total. The van der Waals surface area contributed by atoms with Crippen molar-refractivity contribution in [3.63, 3.8) is 0 Å². The van der Waals surface area contributed by atoms with Gasteiger partial charge >= 0.3 is 0 Å². The van der Waals surface area contributed by atoms with Crippen LogP contribution in [-0.4, -0.2) is 57.9 Å². The van der Waals surface area contributed by atoms with Crippen molar-refractivity contribution >= 4 is 5.91 Å². The molecule has 0 unspecified atom stereocenters. The molecule has 1 aliphatic heterocycles. The third-order valence-electron chi connectivity index (χ3n) is 4.78. The van der Waals surface area contributed by atoms with E-state index < -0.39 is 0 Å². The number of methoxy groups -OCH3 is 2. The monoisotopic (exact) mass is 364 g/mol. The third-order valence-corrected chi connectivity index (χ3v) is 4.78. The van der Waals surface area contributed by atoms with Gasteiger partial charge in [0, 0.05) is 32.2 Å². The van der Waals surface area contributed by atoms with E-state index >= 15 is 0 Å². The standard InChI is InChI=1S/C20H32N2O4/c1-4-26-13-5-10-21-20(23)17-8-11-22(12-9-17)15-16-6-7-18(24-2)19(14-16)25-3/h6-7,14,17H,4-5,8-13,15H2,1-3H3,(H,21,23). The predicted molar refractivity (Wildman–Crippen MR) is 102 cm³/mol. The molecule has 1 fully saturated rings. The summed E-state index contributed by atoms with van der Waals surface area (Å²) in [6.07, 6.45) is 2.69. The van der Waals surface area contributed by atoms with Gasteiger partial charge in [-0.15, -0.1) is 0 Å². The lowest BCUT2D eigenvalue weighted by molar-refractivity contribution is -0.126. The molecule has 0 spiro atoms. The molecule has 26 heavy (non-hydrogen) atoms. The van der Waals surface area contributed by atoms with Gasteiger partial charge in [0.25, 0.3) is 0 Å². The number of nitrogens with one attached hydrogen (secondary N) is 1. The molecular formula is C20H32N2O4. The van der Waals surface area contributed by atoms with Gasteiger partial charge in [0.15, 0.2) is 11.5 Å². The molecule has 0 atom stereocenters. The zero-order chi connectivity index (χ0) is 18.8. The summed E-state index contributed by atoms with van der Waals surface area (Å²) in [4.78, 5) is 14.6. The van der Waals surface area contributed by atoms with Gasteiger partial charge in [-0.05, 0) is 57.0 Å². The van der Waals surface area contributed by atoms with Crippen molar-refractivity contribution in [2.45, 2.75) is 32.7 Å². The van der Waals surface area contributed by atoms with Gasteiger partial charge < -0.3 is 19.5 Å². The molecule has 2 rings (SSSR count). The van der Waals surface area contributed by atoms with Gasteiger partial charge in [-0.1, -0.05) is 6.07 Å². The van der Waals surface area contributed by atoms with Crippen molar-refractivity contribution < 1.29 is 19.0 Å². The van der Waals surface area contributed by atoms with Crippen LogP contribution in [0.4, 0.5) is 0 Å². The van der Waals surface area contributed by atoms with Crippen LogP contribution >= 0.6 is 0 Å². The van der Waals surface area contributed by atoms with Crippen LogP contribution in [0.1, 0.15) is 31.7 Å². The van der Waals surface area contributed by atoms with Crippen molar-refractivity contribution in [3.8, 4) is 11.5 Å². The fourth-order valence-corrected chi connectivity index (χ4v) is 3.26. The first-order chi connectivity index (χ1) is 12.7. The maximum Gasteiger partial charge on any atom is 0.223 e. The first-order valence-electron chi connectivity index (χ1n) is 9.46.